The Morgan fingerprint density at radius 2 is 2.40 bits per heavy atom. The van der Waals surface area contributed by atoms with Gasteiger partial charge in [0.1, 0.15) is 11.9 Å². The summed E-state index contributed by atoms with van der Waals surface area (Å²) in [7, 11) is 0. The van der Waals surface area contributed by atoms with E-state index in [1.165, 1.54) is 12.5 Å². The molecule has 0 bridgehead atoms. The van der Waals surface area contributed by atoms with Crippen molar-refractivity contribution in [3.05, 3.63) is 35.4 Å². The molecule has 0 atom stereocenters. The van der Waals surface area contributed by atoms with Gasteiger partial charge in [-0.25, -0.2) is 14.8 Å². The fraction of sp³-hybridized carbons (Fsp3) is 0.222. The summed E-state index contributed by atoms with van der Waals surface area (Å²) in [6.45, 7) is 4.22. The number of hydrogen-bond donors (Lipinski definition) is 2. The zero-order valence-corrected chi connectivity index (χ0v) is 8.66. The van der Waals surface area contributed by atoms with Gasteiger partial charge in [0.15, 0.2) is 0 Å². The number of nitrogens with zero attached hydrogens (tertiary/aromatic N) is 2. The molecule has 0 aliphatic rings. The first-order valence-corrected chi connectivity index (χ1v) is 4.55. The molecule has 0 fully saturated rings. The van der Waals surface area contributed by atoms with Crippen LogP contribution in [0.3, 0.4) is 0 Å². The lowest BCUT2D eigenvalue weighted by molar-refractivity contribution is 0.0694. The molecule has 0 spiro atoms. The van der Waals surface area contributed by atoms with Gasteiger partial charge < -0.3 is 10.4 Å². The highest BCUT2D eigenvalue weighted by Gasteiger charge is 2.10. The Kier molecular flexibility index (Phi) is 4.20. The maximum Gasteiger partial charge on any atom is 0.339 e. The van der Waals surface area contributed by atoms with Crippen molar-refractivity contribution in [3.8, 4) is 0 Å². The van der Waals surface area contributed by atoms with Crippen molar-refractivity contribution in [2.24, 2.45) is 0 Å². The third-order valence-electron chi connectivity index (χ3n) is 1.63. The van der Waals surface area contributed by atoms with Gasteiger partial charge in [-0.05, 0) is 0 Å². The Labute approximate surface area is 91.8 Å². The van der Waals surface area contributed by atoms with Crippen LogP contribution >= 0.6 is 11.6 Å². The second-order valence-electron chi connectivity index (χ2n) is 2.81. The Morgan fingerprint density at radius 1 is 1.67 bits per heavy atom. The quantitative estimate of drug-likeness (QED) is 0.786. The first-order valence-electron chi connectivity index (χ1n) is 4.17. The summed E-state index contributed by atoms with van der Waals surface area (Å²) in [4.78, 5) is 18.3. The van der Waals surface area contributed by atoms with Crippen molar-refractivity contribution >= 4 is 17.6 Å². The highest BCUT2D eigenvalue weighted by molar-refractivity contribution is 6.29. The number of aromatic nitrogens is 2. The first kappa shape index (κ1) is 11.6. The third-order valence-corrected chi connectivity index (χ3v) is 1.77. The normalized spacial score (nSPS) is 9.93. The largest absolute Gasteiger partial charge is 0.478 e. The first-order chi connectivity index (χ1) is 7.11. The van der Waals surface area contributed by atoms with Crippen molar-refractivity contribution < 1.29 is 9.90 Å². The SMILES string of the molecule is C=C(Cl)CNCc1ncncc1C(=O)O. The van der Waals surface area contributed by atoms with E-state index in [2.05, 4.69) is 21.9 Å². The Bertz CT molecular complexity index is 381. The number of nitrogens with one attached hydrogen (secondary N) is 1. The van der Waals surface area contributed by atoms with E-state index in [-0.39, 0.29) is 5.56 Å². The van der Waals surface area contributed by atoms with Gasteiger partial charge in [0.25, 0.3) is 0 Å². The molecule has 1 heterocycles. The van der Waals surface area contributed by atoms with Crippen LogP contribution in [-0.2, 0) is 6.54 Å². The highest BCUT2D eigenvalue weighted by Crippen LogP contribution is 2.03. The number of carboxylic acids is 1. The highest BCUT2D eigenvalue weighted by atomic mass is 35.5. The van der Waals surface area contributed by atoms with Crippen molar-refractivity contribution in [1.29, 1.82) is 0 Å². The predicted molar refractivity (Wildman–Crippen MR) is 55.7 cm³/mol. The van der Waals surface area contributed by atoms with Gasteiger partial charge in [-0.1, -0.05) is 18.2 Å². The third kappa shape index (κ3) is 3.65. The lowest BCUT2D eigenvalue weighted by atomic mass is 10.2. The summed E-state index contributed by atoms with van der Waals surface area (Å²) >= 11 is 5.54. The summed E-state index contributed by atoms with van der Waals surface area (Å²) in [5, 5.41) is 12.2. The maximum absolute atomic E-state index is 10.8. The Balaban J connectivity index is 2.67. The van der Waals surface area contributed by atoms with E-state index in [0.717, 1.165) is 0 Å². The average Bonchev–Trinajstić information content (AvgIpc) is 2.17. The Morgan fingerprint density at radius 3 is 3.00 bits per heavy atom. The molecule has 1 aromatic rings. The minimum absolute atomic E-state index is 0.0881. The van der Waals surface area contributed by atoms with Crippen LogP contribution in [0.1, 0.15) is 16.1 Å². The molecule has 0 aliphatic carbocycles. The van der Waals surface area contributed by atoms with Crippen molar-refractivity contribution in [3.63, 3.8) is 0 Å². The fourth-order valence-corrected chi connectivity index (χ4v) is 1.09. The minimum Gasteiger partial charge on any atom is -0.478 e. The number of hydrogen-bond acceptors (Lipinski definition) is 4. The molecule has 2 N–H and O–H groups in total. The van der Waals surface area contributed by atoms with E-state index in [4.69, 9.17) is 16.7 Å². The van der Waals surface area contributed by atoms with Gasteiger partial charge in [-0.3, -0.25) is 0 Å². The maximum atomic E-state index is 10.8. The summed E-state index contributed by atoms with van der Waals surface area (Å²) in [5.41, 5.74) is 0.514. The molecule has 0 saturated heterocycles. The number of rotatable bonds is 5. The van der Waals surface area contributed by atoms with Crippen LogP contribution in [0.4, 0.5) is 0 Å². The lowest BCUT2D eigenvalue weighted by Crippen LogP contribution is -2.18. The molecule has 1 rings (SSSR count). The topological polar surface area (TPSA) is 75.1 Å². The molecule has 0 saturated carbocycles. The van der Waals surface area contributed by atoms with Crippen LogP contribution in [0.5, 0.6) is 0 Å². The average molecular weight is 228 g/mol. The van der Waals surface area contributed by atoms with Crippen LogP contribution in [0.2, 0.25) is 0 Å². The molecule has 5 nitrogen and oxygen atoms in total. The molecule has 6 heteroatoms. The van der Waals surface area contributed by atoms with Gasteiger partial charge in [0, 0.05) is 24.3 Å². The number of carbonyl (C=O) groups is 1. The van der Waals surface area contributed by atoms with E-state index in [1.807, 2.05) is 0 Å². The van der Waals surface area contributed by atoms with Crippen LogP contribution in [-0.4, -0.2) is 27.6 Å². The second kappa shape index (κ2) is 5.43. The summed E-state index contributed by atoms with van der Waals surface area (Å²) in [6.07, 6.45) is 2.57. The standard InChI is InChI=1S/C9H10ClN3O2/c1-6(10)2-11-4-8-7(9(14)15)3-12-5-13-8/h3,5,11H,1-2,4H2,(H,14,15). The fourth-order valence-electron chi connectivity index (χ4n) is 0.991. The molecule has 0 aliphatic heterocycles. The van der Waals surface area contributed by atoms with E-state index < -0.39 is 5.97 Å². The molecule has 15 heavy (non-hydrogen) atoms. The molecular weight excluding hydrogens is 218 g/mol. The van der Waals surface area contributed by atoms with Gasteiger partial charge >= 0.3 is 5.97 Å². The second-order valence-corrected chi connectivity index (χ2v) is 3.34. The van der Waals surface area contributed by atoms with E-state index in [1.54, 1.807) is 0 Å². The monoisotopic (exact) mass is 227 g/mol. The van der Waals surface area contributed by atoms with Crippen molar-refractivity contribution in [1.82, 2.24) is 15.3 Å². The zero-order valence-electron chi connectivity index (χ0n) is 7.90. The lowest BCUT2D eigenvalue weighted by Gasteiger charge is -2.05. The zero-order chi connectivity index (χ0) is 11.3. The van der Waals surface area contributed by atoms with E-state index in [9.17, 15) is 4.79 Å². The smallest absolute Gasteiger partial charge is 0.339 e. The van der Waals surface area contributed by atoms with Crippen LogP contribution in [0, 0.1) is 0 Å². The molecule has 0 amide bonds. The molecule has 0 aromatic carbocycles. The summed E-state index contributed by atoms with van der Waals surface area (Å²) < 4.78 is 0. The number of carboxylic acid groups (broad SMARTS) is 1. The van der Waals surface area contributed by atoms with Crippen LogP contribution in [0.15, 0.2) is 24.1 Å². The number of aromatic carboxylic acids is 1. The van der Waals surface area contributed by atoms with Gasteiger partial charge in [-0.2, -0.15) is 0 Å². The molecular formula is C9H10ClN3O2. The predicted octanol–water partition coefficient (Wildman–Crippen LogP) is 1.02. The van der Waals surface area contributed by atoms with Gasteiger partial charge in [0.05, 0.1) is 5.69 Å². The van der Waals surface area contributed by atoms with E-state index in [0.29, 0.717) is 23.8 Å². The number of halogens is 1. The minimum atomic E-state index is -1.04. The van der Waals surface area contributed by atoms with Gasteiger partial charge in [0.2, 0.25) is 0 Å². The summed E-state index contributed by atoms with van der Waals surface area (Å²) in [5.74, 6) is -1.04. The van der Waals surface area contributed by atoms with Crippen molar-refractivity contribution in [2.45, 2.75) is 6.54 Å². The van der Waals surface area contributed by atoms with Crippen LogP contribution in [0.25, 0.3) is 0 Å². The summed E-state index contributed by atoms with van der Waals surface area (Å²) in [6, 6.07) is 0. The van der Waals surface area contributed by atoms with Crippen LogP contribution < -0.4 is 5.32 Å². The molecule has 80 valence electrons. The molecule has 1 aromatic heterocycles. The van der Waals surface area contributed by atoms with Crippen molar-refractivity contribution in [2.75, 3.05) is 6.54 Å². The van der Waals surface area contributed by atoms with E-state index >= 15 is 0 Å². The Hall–Kier alpha value is -1.46. The molecule has 0 radical (unpaired) electrons. The molecule has 0 unspecified atom stereocenters. The van der Waals surface area contributed by atoms with Gasteiger partial charge in [-0.15, -0.1) is 0 Å².